The lowest BCUT2D eigenvalue weighted by Gasteiger charge is -2.21. The minimum absolute atomic E-state index is 0.105. The van der Waals surface area contributed by atoms with Crippen molar-refractivity contribution in [3.8, 4) is 0 Å². The van der Waals surface area contributed by atoms with Crippen molar-refractivity contribution in [1.82, 2.24) is 14.5 Å². The van der Waals surface area contributed by atoms with E-state index in [0.29, 0.717) is 31.1 Å². The fourth-order valence-corrected chi connectivity index (χ4v) is 2.97. The lowest BCUT2D eigenvalue weighted by molar-refractivity contribution is -0.143. The molecule has 0 N–H and O–H groups in total. The first kappa shape index (κ1) is 19.2. The largest absolute Gasteiger partial charge is 0.466 e. The molecule has 0 unspecified atom stereocenters. The first-order valence-electron chi connectivity index (χ1n) is 8.48. The topological polar surface area (TPSA) is 64.4 Å². The maximum atomic E-state index is 12.8. The van der Waals surface area contributed by atoms with E-state index >= 15 is 0 Å². The van der Waals surface area contributed by atoms with Gasteiger partial charge in [-0.25, -0.2) is 4.98 Å². The number of aromatic nitrogens is 2. The Hall–Kier alpha value is -2.08. The molecule has 0 aliphatic heterocycles. The molecule has 2 rings (SSSR count). The summed E-state index contributed by atoms with van der Waals surface area (Å²) in [5.41, 5.74) is 2.23. The zero-order valence-electron chi connectivity index (χ0n) is 14.9. The third-order valence-corrected chi connectivity index (χ3v) is 4.25. The van der Waals surface area contributed by atoms with Gasteiger partial charge in [0.25, 0.3) is 5.91 Å². The average Bonchev–Trinajstić information content (AvgIpc) is 2.93. The summed E-state index contributed by atoms with van der Waals surface area (Å²) in [7, 11) is 1.90. The number of hydrogen-bond acceptors (Lipinski definition) is 4. The molecule has 0 aliphatic carbocycles. The van der Waals surface area contributed by atoms with E-state index < -0.39 is 0 Å². The van der Waals surface area contributed by atoms with Gasteiger partial charge in [0, 0.05) is 25.7 Å². The molecule has 1 aromatic carbocycles. The summed E-state index contributed by atoms with van der Waals surface area (Å²) in [4.78, 5) is 30.5. The second-order valence-corrected chi connectivity index (χ2v) is 6.04. The Bertz CT molecular complexity index is 757. The van der Waals surface area contributed by atoms with E-state index in [9.17, 15) is 9.59 Å². The molecule has 1 aromatic heterocycles. The van der Waals surface area contributed by atoms with Crippen molar-refractivity contribution in [1.29, 1.82) is 0 Å². The van der Waals surface area contributed by atoms with Crippen LogP contribution in [0.25, 0.3) is 11.0 Å². The summed E-state index contributed by atoms with van der Waals surface area (Å²) in [6, 6.07) is 5.44. The number of benzene rings is 1. The summed E-state index contributed by atoms with van der Waals surface area (Å²) in [6.45, 7) is 5.05. The van der Waals surface area contributed by atoms with Gasteiger partial charge in [-0.15, -0.1) is 11.6 Å². The Morgan fingerprint density at radius 1 is 1.28 bits per heavy atom. The molecular formula is C18H24ClN3O3. The smallest absolute Gasteiger partial charge is 0.307 e. The number of esters is 1. The van der Waals surface area contributed by atoms with Crippen molar-refractivity contribution >= 4 is 34.5 Å². The fraction of sp³-hybridized carbons (Fsp3) is 0.500. The van der Waals surface area contributed by atoms with Crippen molar-refractivity contribution < 1.29 is 14.3 Å². The molecule has 0 bridgehead atoms. The van der Waals surface area contributed by atoms with E-state index in [1.165, 1.54) is 0 Å². The molecule has 1 amide bonds. The number of aryl methyl sites for hydroxylation is 1. The van der Waals surface area contributed by atoms with Gasteiger partial charge in [-0.3, -0.25) is 9.59 Å². The van der Waals surface area contributed by atoms with Gasteiger partial charge >= 0.3 is 5.97 Å². The summed E-state index contributed by atoms with van der Waals surface area (Å²) >= 11 is 5.89. The highest BCUT2D eigenvalue weighted by Gasteiger charge is 2.18. The average molecular weight is 366 g/mol. The monoisotopic (exact) mass is 365 g/mol. The number of amides is 1. The van der Waals surface area contributed by atoms with Crippen LogP contribution in [-0.4, -0.2) is 46.0 Å². The predicted molar refractivity (Wildman–Crippen MR) is 97.7 cm³/mol. The van der Waals surface area contributed by atoms with Gasteiger partial charge in [0.15, 0.2) is 0 Å². The Kier molecular flexibility index (Phi) is 6.82. The second kappa shape index (κ2) is 8.85. The molecule has 0 aliphatic rings. The molecule has 6 nitrogen and oxygen atoms in total. The van der Waals surface area contributed by atoms with Gasteiger partial charge in [-0.05, 0) is 31.5 Å². The highest BCUT2D eigenvalue weighted by atomic mass is 35.5. The molecule has 0 saturated heterocycles. The number of carbonyl (C=O) groups is 2. The summed E-state index contributed by atoms with van der Waals surface area (Å²) in [5, 5.41) is 0. The van der Waals surface area contributed by atoms with E-state index in [0.717, 1.165) is 23.3 Å². The normalized spacial score (nSPS) is 10.9. The molecule has 0 spiro atoms. The Labute approximate surface area is 152 Å². The van der Waals surface area contributed by atoms with Crippen LogP contribution in [0.2, 0.25) is 0 Å². The lowest BCUT2D eigenvalue weighted by Crippen LogP contribution is -2.34. The number of hydrogen-bond donors (Lipinski definition) is 0. The molecule has 25 heavy (non-hydrogen) atoms. The van der Waals surface area contributed by atoms with Crippen LogP contribution < -0.4 is 0 Å². The number of fused-ring (bicyclic) bond motifs is 1. The minimum atomic E-state index is -0.289. The van der Waals surface area contributed by atoms with E-state index in [-0.39, 0.29) is 18.3 Å². The van der Waals surface area contributed by atoms with Gasteiger partial charge in [0.05, 0.1) is 29.9 Å². The van der Waals surface area contributed by atoms with Crippen LogP contribution in [0, 0.1) is 0 Å². The molecule has 2 aromatic rings. The van der Waals surface area contributed by atoms with Crippen LogP contribution in [0.15, 0.2) is 18.2 Å². The Balaban J connectivity index is 2.20. The van der Waals surface area contributed by atoms with Crippen LogP contribution in [0.1, 0.15) is 42.9 Å². The van der Waals surface area contributed by atoms with Crippen molar-refractivity contribution in [2.75, 3.05) is 19.7 Å². The van der Waals surface area contributed by atoms with Gasteiger partial charge in [-0.1, -0.05) is 6.92 Å². The van der Waals surface area contributed by atoms with E-state index in [1.807, 2.05) is 24.6 Å². The molecule has 0 radical (unpaired) electrons. The first-order chi connectivity index (χ1) is 12.0. The summed E-state index contributed by atoms with van der Waals surface area (Å²) in [6.07, 6.45) is 1.01. The van der Waals surface area contributed by atoms with Gasteiger partial charge in [0.1, 0.15) is 5.82 Å². The first-order valence-corrected chi connectivity index (χ1v) is 9.01. The number of halogens is 1. The quantitative estimate of drug-likeness (QED) is 0.532. The zero-order valence-corrected chi connectivity index (χ0v) is 15.7. The molecule has 0 fully saturated rings. The van der Waals surface area contributed by atoms with Crippen molar-refractivity contribution in [2.45, 2.75) is 32.6 Å². The van der Waals surface area contributed by atoms with E-state index in [1.54, 1.807) is 24.0 Å². The number of ether oxygens (including phenoxy) is 1. The summed E-state index contributed by atoms with van der Waals surface area (Å²) < 4.78 is 6.86. The highest BCUT2D eigenvalue weighted by molar-refractivity contribution is 6.16. The SMILES string of the molecule is CCCN(CCC(=O)OCC)C(=O)c1ccc2c(c1)nc(CCl)n2C. The standard InChI is InChI=1S/C18H24ClN3O3/c1-4-9-22(10-8-17(23)25-5-2)18(24)13-6-7-15-14(11-13)20-16(12-19)21(15)3/h6-7,11H,4-5,8-10,12H2,1-3H3. The Morgan fingerprint density at radius 3 is 2.68 bits per heavy atom. The molecule has 1 heterocycles. The van der Waals surface area contributed by atoms with Crippen LogP contribution in [0.4, 0.5) is 0 Å². The summed E-state index contributed by atoms with van der Waals surface area (Å²) in [5.74, 6) is 0.680. The maximum Gasteiger partial charge on any atom is 0.307 e. The number of nitrogens with zero attached hydrogens (tertiary/aromatic N) is 3. The predicted octanol–water partition coefficient (Wildman–Crippen LogP) is 3.12. The molecule has 136 valence electrons. The van der Waals surface area contributed by atoms with Gasteiger partial charge in [0.2, 0.25) is 0 Å². The van der Waals surface area contributed by atoms with Crippen molar-refractivity contribution in [3.05, 3.63) is 29.6 Å². The van der Waals surface area contributed by atoms with E-state index in [4.69, 9.17) is 16.3 Å². The number of rotatable bonds is 8. The fourth-order valence-electron chi connectivity index (χ4n) is 2.73. The van der Waals surface area contributed by atoms with Crippen LogP contribution in [0.5, 0.6) is 0 Å². The van der Waals surface area contributed by atoms with Crippen LogP contribution in [0.3, 0.4) is 0 Å². The molecule has 0 atom stereocenters. The molecule has 0 saturated carbocycles. The second-order valence-electron chi connectivity index (χ2n) is 5.77. The third kappa shape index (κ3) is 4.51. The molecular weight excluding hydrogens is 342 g/mol. The highest BCUT2D eigenvalue weighted by Crippen LogP contribution is 2.19. The van der Waals surface area contributed by atoms with Gasteiger partial charge < -0.3 is 14.2 Å². The minimum Gasteiger partial charge on any atom is -0.466 e. The molecule has 7 heteroatoms. The van der Waals surface area contributed by atoms with Crippen LogP contribution >= 0.6 is 11.6 Å². The third-order valence-electron chi connectivity index (χ3n) is 4.01. The maximum absolute atomic E-state index is 12.8. The number of alkyl halides is 1. The van der Waals surface area contributed by atoms with Crippen molar-refractivity contribution in [2.24, 2.45) is 7.05 Å². The van der Waals surface area contributed by atoms with Gasteiger partial charge in [-0.2, -0.15) is 0 Å². The van der Waals surface area contributed by atoms with E-state index in [2.05, 4.69) is 4.98 Å². The van der Waals surface area contributed by atoms with Crippen LogP contribution in [-0.2, 0) is 22.5 Å². The Morgan fingerprint density at radius 2 is 2.04 bits per heavy atom. The lowest BCUT2D eigenvalue weighted by atomic mass is 10.1. The number of imidazole rings is 1. The van der Waals surface area contributed by atoms with Crippen molar-refractivity contribution in [3.63, 3.8) is 0 Å². The number of carbonyl (C=O) groups excluding carboxylic acids is 2. The zero-order chi connectivity index (χ0) is 18.4.